The molecule has 1 aliphatic carbocycles. The molecule has 0 aliphatic heterocycles. The Morgan fingerprint density at radius 3 is 2.52 bits per heavy atom. The van der Waals surface area contributed by atoms with Gasteiger partial charge in [-0.1, -0.05) is 61.7 Å². The quantitative estimate of drug-likeness (QED) is 0.387. The van der Waals surface area contributed by atoms with Gasteiger partial charge in [-0.25, -0.2) is 4.98 Å². The summed E-state index contributed by atoms with van der Waals surface area (Å²) in [7, 11) is 1.64. The number of methoxy groups -OCH3 is 1. The van der Waals surface area contributed by atoms with Gasteiger partial charge in [0, 0.05) is 23.5 Å². The molecule has 0 radical (unpaired) electrons. The number of nitrogens with one attached hydrogen (secondary N) is 1. The van der Waals surface area contributed by atoms with E-state index < -0.39 is 0 Å². The molecular formula is C28H29N3O2. The summed E-state index contributed by atoms with van der Waals surface area (Å²) in [5.74, 6) is 1.34. The van der Waals surface area contributed by atoms with E-state index in [2.05, 4.69) is 17.4 Å². The monoisotopic (exact) mass is 439 g/mol. The number of nitrogens with zero attached hydrogens (tertiary/aromatic N) is 2. The van der Waals surface area contributed by atoms with Crippen LogP contribution in [0, 0.1) is 0 Å². The fourth-order valence-corrected chi connectivity index (χ4v) is 4.83. The molecule has 0 saturated heterocycles. The molecule has 1 N–H and O–H groups in total. The van der Waals surface area contributed by atoms with E-state index in [4.69, 9.17) is 9.72 Å². The van der Waals surface area contributed by atoms with Gasteiger partial charge in [-0.15, -0.1) is 0 Å². The number of anilines is 1. The topological polar surface area (TPSA) is 55.6 Å². The number of carbonyl (C=O) groups excluding carboxylic acids is 1. The molecule has 33 heavy (non-hydrogen) atoms. The third-order valence-corrected chi connectivity index (χ3v) is 6.58. The second kappa shape index (κ2) is 9.49. The van der Waals surface area contributed by atoms with E-state index in [0.717, 1.165) is 34.0 Å². The summed E-state index contributed by atoms with van der Waals surface area (Å²) in [4.78, 5) is 17.9. The van der Waals surface area contributed by atoms with Gasteiger partial charge in [0.05, 0.1) is 24.9 Å². The van der Waals surface area contributed by atoms with Gasteiger partial charge in [-0.05, 0) is 42.5 Å². The van der Waals surface area contributed by atoms with Crippen LogP contribution in [0.4, 0.5) is 5.69 Å². The van der Waals surface area contributed by atoms with Gasteiger partial charge in [0.2, 0.25) is 5.91 Å². The molecule has 5 heteroatoms. The molecule has 1 amide bonds. The number of imidazole rings is 1. The molecule has 0 bridgehead atoms. The van der Waals surface area contributed by atoms with Crippen molar-refractivity contribution in [3.8, 4) is 17.0 Å². The van der Waals surface area contributed by atoms with E-state index in [1.165, 1.54) is 37.7 Å². The first kappa shape index (κ1) is 21.3. The highest BCUT2D eigenvalue weighted by atomic mass is 16.5. The SMILES string of the molecule is COc1ccn2c(CC(=O)Nc3ccc(C4CCCCC4)cc3)c(-c3ccccc3)nc2c1. The normalized spacial score (nSPS) is 14.3. The Morgan fingerprint density at radius 1 is 1.03 bits per heavy atom. The molecule has 1 saturated carbocycles. The van der Waals surface area contributed by atoms with E-state index in [1.807, 2.05) is 65.2 Å². The zero-order valence-corrected chi connectivity index (χ0v) is 19.0. The lowest BCUT2D eigenvalue weighted by Gasteiger charge is -2.22. The third kappa shape index (κ3) is 4.63. The molecule has 2 heterocycles. The second-order valence-corrected chi connectivity index (χ2v) is 8.75. The zero-order valence-electron chi connectivity index (χ0n) is 19.0. The maximum absolute atomic E-state index is 13.0. The van der Waals surface area contributed by atoms with Crippen molar-refractivity contribution in [1.82, 2.24) is 9.38 Å². The summed E-state index contributed by atoms with van der Waals surface area (Å²) in [6.45, 7) is 0. The number of hydrogen-bond donors (Lipinski definition) is 1. The van der Waals surface area contributed by atoms with Gasteiger partial charge in [-0.3, -0.25) is 4.79 Å². The van der Waals surface area contributed by atoms with Gasteiger partial charge < -0.3 is 14.5 Å². The zero-order chi connectivity index (χ0) is 22.6. The fraction of sp³-hybridized carbons (Fsp3) is 0.286. The van der Waals surface area contributed by atoms with Crippen LogP contribution in [0.15, 0.2) is 72.9 Å². The third-order valence-electron chi connectivity index (χ3n) is 6.58. The summed E-state index contributed by atoms with van der Waals surface area (Å²) in [6, 6.07) is 22.1. The van der Waals surface area contributed by atoms with Crippen molar-refractivity contribution in [3.05, 3.63) is 84.2 Å². The minimum atomic E-state index is -0.0600. The van der Waals surface area contributed by atoms with Gasteiger partial charge in [0.25, 0.3) is 0 Å². The van der Waals surface area contributed by atoms with Gasteiger partial charge in [0.15, 0.2) is 0 Å². The lowest BCUT2D eigenvalue weighted by atomic mass is 9.84. The predicted molar refractivity (Wildman–Crippen MR) is 132 cm³/mol. The van der Waals surface area contributed by atoms with Crippen molar-refractivity contribution in [1.29, 1.82) is 0 Å². The molecule has 5 rings (SSSR count). The fourth-order valence-electron chi connectivity index (χ4n) is 4.83. The Balaban J connectivity index is 1.38. The van der Waals surface area contributed by atoms with Crippen molar-refractivity contribution in [2.45, 2.75) is 44.4 Å². The highest BCUT2D eigenvalue weighted by molar-refractivity contribution is 5.93. The van der Waals surface area contributed by atoms with Crippen LogP contribution in [-0.2, 0) is 11.2 Å². The average Bonchev–Trinajstić information content (AvgIpc) is 3.22. The Labute approximate surface area is 194 Å². The van der Waals surface area contributed by atoms with Crippen LogP contribution in [0.25, 0.3) is 16.9 Å². The molecule has 0 atom stereocenters. The minimum Gasteiger partial charge on any atom is -0.497 e. The van der Waals surface area contributed by atoms with Crippen molar-refractivity contribution in [2.75, 3.05) is 12.4 Å². The molecular weight excluding hydrogens is 410 g/mol. The number of carbonyl (C=O) groups is 1. The van der Waals surface area contributed by atoms with Crippen LogP contribution in [0.1, 0.15) is 49.3 Å². The van der Waals surface area contributed by atoms with Gasteiger partial charge in [0.1, 0.15) is 11.4 Å². The van der Waals surface area contributed by atoms with Crippen LogP contribution in [0.2, 0.25) is 0 Å². The van der Waals surface area contributed by atoms with Gasteiger partial charge >= 0.3 is 0 Å². The molecule has 1 fully saturated rings. The number of benzene rings is 2. The van der Waals surface area contributed by atoms with Crippen LogP contribution in [-0.4, -0.2) is 22.4 Å². The molecule has 0 spiro atoms. The first-order valence-corrected chi connectivity index (χ1v) is 11.7. The summed E-state index contributed by atoms with van der Waals surface area (Å²) < 4.78 is 7.33. The molecule has 168 valence electrons. The largest absolute Gasteiger partial charge is 0.497 e. The predicted octanol–water partition coefficient (Wildman–Crippen LogP) is 6.24. The number of rotatable bonds is 6. The summed E-state index contributed by atoms with van der Waals surface area (Å²) in [5.41, 5.74) is 5.63. The maximum atomic E-state index is 13.0. The number of aromatic nitrogens is 2. The van der Waals surface area contributed by atoms with Crippen molar-refractivity contribution < 1.29 is 9.53 Å². The highest BCUT2D eigenvalue weighted by Gasteiger charge is 2.18. The average molecular weight is 440 g/mol. The van der Waals surface area contributed by atoms with Crippen LogP contribution in [0.3, 0.4) is 0 Å². The Bertz CT molecular complexity index is 1240. The number of amides is 1. The van der Waals surface area contributed by atoms with E-state index in [0.29, 0.717) is 5.92 Å². The second-order valence-electron chi connectivity index (χ2n) is 8.75. The Hall–Kier alpha value is -3.60. The van der Waals surface area contributed by atoms with Crippen LogP contribution >= 0.6 is 0 Å². The smallest absolute Gasteiger partial charge is 0.230 e. The summed E-state index contributed by atoms with van der Waals surface area (Å²) in [6.07, 6.45) is 8.67. The Morgan fingerprint density at radius 2 is 1.79 bits per heavy atom. The van der Waals surface area contributed by atoms with Crippen LogP contribution < -0.4 is 10.1 Å². The summed E-state index contributed by atoms with van der Waals surface area (Å²) in [5, 5.41) is 3.07. The van der Waals surface area contributed by atoms with Crippen molar-refractivity contribution >= 4 is 17.2 Å². The molecule has 2 aromatic carbocycles. The number of fused-ring (bicyclic) bond motifs is 1. The van der Waals surface area contributed by atoms with Crippen molar-refractivity contribution in [2.24, 2.45) is 0 Å². The van der Waals surface area contributed by atoms with Crippen molar-refractivity contribution in [3.63, 3.8) is 0 Å². The number of hydrogen-bond acceptors (Lipinski definition) is 3. The Kier molecular flexibility index (Phi) is 6.11. The molecule has 4 aromatic rings. The molecule has 0 unspecified atom stereocenters. The first-order chi connectivity index (χ1) is 16.2. The summed E-state index contributed by atoms with van der Waals surface area (Å²) >= 11 is 0. The van der Waals surface area contributed by atoms with Crippen LogP contribution in [0.5, 0.6) is 5.75 Å². The molecule has 1 aliphatic rings. The van der Waals surface area contributed by atoms with E-state index >= 15 is 0 Å². The number of ether oxygens (including phenoxy) is 1. The first-order valence-electron chi connectivity index (χ1n) is 11.7. The highest BCUT2D eigenvalue weighted by Crippen LogP contribution is 2.33. The lowest BCUT2D eigenvalue weighted by Crippen LogP contribution is -2.16. The van der Waals surface area contributed by atoms with E-state index in [1.54, 1.807) is 7.11 Å². The standard InChI is InChI=1S/C28H29N3O2/c1-33-24-16-17-31-25(28(30-26(31)18-24)22-10-6-3-7-11-22)19-27(32)29-23-14-12-21(13-15-23)20-8-4-2-5-9-20/h3,6-7,10-18,20H,2,4-5,8-9,19H2,1H3,(H,29,32). The molecule has 5 nitrogen and oxygen atoms in total. The minimum absolute atomic E-state index is 0.0600. The number of pyridine rings is 1. The molecule has 2 aromatic heterocycles. The lowest BCUT2D eigenvalue weighted by molar-refractivity contribution is -0.115. The van der Waals surface area contributed by atoms with E-state index in [9.17, 15) is 4.79 Å². The maximum Gasteiger partial charge on any atom is 0.230 e. The van der Waals surface area contributed by atoms with Gasteiger partial charge in [-0.2, -0.15) is 0 Å². The van der Waals surface area contributed by atoms with E-state index in [-0.39, 0.29) is 12.3 Å².